The second-order valence-electron chi connectivity index (χ2n) is 3.89. The van der Waals surface area contributed by atoms with Gasteiger partial charge in [0.2, 0.25) is 0 Å². The first-order chi connectivity index (χ1) is 9.02. The molecule has 1 atom stereocenters. The summed E-state index contributed by atoms with van der Waals surface area (Å²) in [5.41, 5.74) is 1.50. The van der Waals surface area contributed by atoms with Crippen molar-refractivity contribution in [3.63, 3.8) is 0 Å². The van der Waals surface area contributed by atoms with Crippen molar-refractivity contribution in [2.24, 2.45) is 0 Å². The van der Waals surface area contributed by atoms with Crippen molar-refractivity contribution in [2.45, 2.75) is 13.0 Å². The van der Waals surface area contributed by atoms with Crippen LogP contribution in [0.3, 0.4) is 0 Å². The van der Waals surface area contributed by atoms with Gasteiger partial charge in [-0.1, -0.05) is 6.07 Å². The SMILES string of the molecule is COC(=O)c1ncn(-c2ccc(C(C)O)cc2Br)n1. The van der Waals surface area contributed by atoms with Gasteiger partial charge in [0.25, 0.3) is 5.82 Å². The van der Waals surface area contributed by atoms with Crippen LogP contribution in [0.1, 0.15) is 29.2 Å². The second kappa shape index (κ2) is 5.50. The lowest BCUT2D eigenvalue weighted by atomic mass is 10.1. The summed E-state index contributed by atoms with van der Waals surface area (Å²) in [5.74, 6) is -0.593. The lowest BCUT2D eigenvalue weighted by molar-refractivity contribution is 0.0587. The third-order valence-corrected chi connectivity index (χ3v) is 3.20. The lowest BCUT2D eigenvalue weighted by Crippen LogP contribution is -2.05. The molecule has 0 bridgehead atoms. The summed E-state index contributed by atoms with van der Waals surface area (Å²) in [5, 5.41) is 13.5. The number of ether oxygens (including phenoxy) is 1. The molecule has 1 aromatic heterocycles. The van der Waals surface area contributed by atoms with Gasteiger partial charge in [-0.3, -0.25) is 0 Å². The van der Waals surface area contributed by atoms with E-state index < -0.39 is 12.1 Å². The summed E-state index contributed by atoms with van der Waals surface area (Å²) in [7, 11) is 1.27. The van der Waals surface area contributed by atoms with Crippen molar-refractivity contribution in [3.8, 4) is 5.69 Å². The fourth-order valence-electron chi connectivity index (χ4n) is 1.53. The number of hydrogen-bond donors (Lipinski definition) is 1. The van der Waals surface area contributed by atoms with Gasteiger partial charge in [0.05, 0.1) is 18.9 Å². The first kappa shape index (κ1) is 13.7. The highest BCUT2D eigenvalue weighted by molar-refractivity contribution is 9.10. The molecule has 2 rings (SSSR count). The smallest absolute Gasteiger partial charge is 0.377 e. The predicted octanol–water partition coefficient (Wildman–Crippen LogP) is 1.87. The average Bonchev–Trinajstić information content (AvgIpc) is 2.87. The summed E-state index contributed by atoms with van der Waals surface area (Å²) in [6.07, 6.45) is 0.876. The molecule has 1 aromatic carbocycles. The maximum absolute atomic E-state index is 11.3. The first-order valence-electron chi connectivity index (χ1n) is 5.50. The topological polar surface area (TPSA) is 77.2 Å². The van der Waals surface area contributed by atoms with Gasteiger partial charge < -0.3 is 9.84 Å². The van der Waals surface area contributed by atoms with E-state index in [0.29, 0.717) is 5.69 Å². The van der Waals surface area contributed by atoms with Crippen LogP contribution in [0.2, 0.25) is 0 Å². The number of nitrogens with zero attached hydrogens (tertiary/aromatic N) is 3. The standard InChI is InChI=1S/C12H12BrN3O3/c1-7(17)8-3-4-10(9(13)5-8)16-6-14-11(15-16)12(18)19-2/h3-7,17H,1-2H3. The number of aromatic nitrogens is 3. The van der Waals surface area contributed by atoms with E-state index in [9.17, 15) is 9.90 Å². The van der Waals surface area contributed by atoms with Gasteiger partial charge in [-0.15, -0.1) is 5.10 Å². The van der Waals surface area contributed by atoms with E-state index in [-0.39, 0.29) is 5.82 Å². The maximum Gasteiger partial charge on any atom is 0.377 e. The Morgan fingerprint density at radius 2 is 2.26 bits per heavy atom. The Morgan fingerprint density at radius 3 is 2.84 bits per heavy atom. The number of rotatable bonds is 3. The molecule has 0 spiro atoms. The van der Waals surface area contributed by atoms with Gasteiger partial charge >= 0.3 is 5.97 Å². The van der Waals surface area contributed by atoms with Crippen LogP contribution in [0, 0.1) is 0 Å². The molecule has 100 valence electrons. The van der Waals surface area contributed by atoms with Crippen LogP contribution in [-0.2, 0) is 4.74 Å². The number of aliphatic hydroxyl groups is 1. The van der Waals surface area contributed by atoms with E-state index in [4.69, 9.17) is 0 Å². The number of aliphatic hydroxyl groups excluding tert-OH is 1. The molecule has 0 saturated carbocycles. The highest BCUT2D eigenvalue weighted by atomic mass is 79.9. The summed E-state index contributed by atoms with van der Waals surface area (Å²) in [6, 6.07) is 5.35. The van der Waals surface area contributed by atoms with E-state index in [2.05, 4.69) is 30.7 Å². The van der Waals surface area contributed by atoms with Crippen molar-refractivity contribution in [3.05, 3.63) is 40.4 Å². The molecule has 0 aliphatic heterocycles. The number of hydrogen-bond acceptors (Lipinski definition) is 5. The molecule has 1 unspecified atom stereocenters. The molecule has 0 aliphatic carbocycles. The largest absolute Gasteiger partial charge is 0.463 e. The molecule has 2 aromatic rings. The number of carbonyl (C=O) groups excluding carboxylic acids is 1. The van der Waals surface area contributed by atoms with Gasteiger partial charge in [-0.2, -0.15) is 0 Å². The average molecular weight is 326 g/mol. The van der Waals surface area contributed by atoms with Crippen LogP contribution >= 0.6 is 15.9 Å². The van der Waals surface area contributed by atoms with Crippen LogP contribution in [-0.4, -0.2) is 33.0 Å². The highest BCUT2D eigenvalue weighted by Gasteiger charge is 2.13. The maximum atomic E-state index is 11.3. The molecule has 7 heteroatoms. The Morgan fingerprint density at radius 1 is 1.53 bits per heavy atom. The molecular weight excluding hydrogens is 314 g/mol. The van der Waals surface area contributed by atoms with Crippen LogP contribution in [0.4, 0.5) is 0 Å². The van der Waals surface area contributed by atoms with Gasteiger partial charge in [0, 0.05) is 4.47 Å². The molecule has 0 radical (unpaired) electrons. The molecule has 6 nitrogen and oxygen atoms in total. The minimum atomic E-state index is -0.588. The normalized spacial score (nSPS) is 12.2. The molecule has 0 aliphatic rings. The van der Waals surface area contributed by atoms with Crippen LogP contribution in [0.25, 0.3) is 5.69 Å². The zero-order valence-corrected chi connectivity index (χ0v) is 12.0. The third-order valence-electron chi connectivity index (χ3n) is 2.56. The van der Waals surface area contributed by atoms with Crippen molar-refractivity contribution in [2.75, 3.05) is 7.11 Å². The van der Waals surface area contributed by atoms with Crippen molar-refractivity contribution < 1.29 is 14.6 Å². The zero-order valence-electron chi connectivity index (χ0n) is 10.4. The molecular formula is C12H12BrN3O3. The van der Waals surface area contributed by atoms with Gasteiger partial charge in [0.1, 0.15) is 6.33 Å². The van der Waals surface area contributed by atoms with Gasteiger partial charge in [-0.25, -0.2) is 14.5 Å². The lowest BCUT2D eigenvalue weighted by Gasteiger charge is -2.08. The van der Waals surface area contributed by atoms with Crippen LogP contribution < -0.4 is 0 Å². The minimum Gasteiger partial charge on any atom is -0.463 e. The zero-order chi connectivity index (χ0) is 14.0. The van der Waals surface area contributed by atoms with Gasteiger partial charge in [0.15, 0.2) is 0 Å². The Labute approximate surface area is 118 Å². The predicted molar refractivity (Wildman–Crippen MR) is 71.0 cm³/mol. The summed E-state index contributed by atoms with van der Waals surface area (Å²) >= 11 is 3.40. The Kier molecular flexibility index (Phi) is 3.96. The Bertz CT molecular complexity index is 610. The Hall–Kier alpha value is -1.73. The van der Waals surface area contributed by atoms with E-state index >= 15 is 0 Å². The van der Waals surface area contributed by atoms with E-state index in [1.54, 1.807) is 25.1 Å². The molecule has 0 saturated heterocycles. The quantitative estimate of drug-likeness (QED) is 0.872. The van der Waals surface area contributed by atoms with Gasteiger partial charge in [-0.05, 0) is 40.5 Å². The summed E-state index contributed by atoms with van der Waals surface area (Å²) in [6.45, 7) is 1.69. The highest BCUT2D eigenvalue weighted by Crippen LogP contribution is 2.24. The second-order valence-corrected chi connectivity index (χ2v) is 4.75. The molecule has 1 N–H and O–H groups in total. The molecule has 1 heterocycles. The molecule has 19 heavy (non-hydrogen) atoms. The van der Waals surface area contributed by atoms with E-state index in [0.717, 1.165) is 10.0 Å². The van der Waals surface area contributed by atoms with Crippen molar-refractivity contribution in [1.82, 2.24) is 14.8 Å². The fraction of sp³-hybridized carbons (Fsp3) is 0.250. The van der Waals surface area contributed by atoms with Crippen molar-refractivity contribution in [1.29, 1.82) is 0 Å². The number of benzene rings is 1. The monoisotopic (exact) mass is 325 g/mol. The Balaban J connectivity index is 2.37. The van der Waals surface area contributed by atoms with E-state index in [1.165, 1.54) is 18.1 Å². The first-order valence-corrected chi connectivity index (χ1v) is 6.30. The molecule has 0 fully saturated rings. The number of esters is 1. The third kappa shape index (κ3) is 2.82. The number of carbonyl (C=O) groups is 1. The summed E-state index contributed by atoms with van der Waals surface area (Å²) in [4.78, 5) is 15.2. The van der Waals surface area contributed by atoms with Crippen LogP contribution in [0.15, 0.2) is 29.0 Å². The number of methoxy groups -OCH3 is 1. The van der Waals surface area contributed by atoms with Crippen LogP contribution in [0.5, 0.6) is 0 Å². The van der Waals surface area contributed by atoms with Crippen molar-refractivity contribution >= 4 is 21.9 Å². The number of halogens is 1. The summed E-state index contributed by atoms with van der Waals surface area (Å²) < 4.78 is 6.75. The van der Waals surface area contributed by atoms with E-state index in [1.807, 2.05) is 0 Å². The fourth-order valence-corrected chi connectivity index (χ4v) is 2.11. The minimum absolute atomic E-state index is 0.00555. The molecule has 0 amide bonds.